The van der Waals surface area contributed by atoms with Gasteiger partial charge in [-0.2, -0.15) is 0 Å². The van der Waals surface area contributed by atoms with Gasteiger partial charge in [0.1, 0.15) is 5.60 Å². The summed E-state index contributed by atoms with van der Waals surface area (Å²) in [5, 5.41) is 9.79. The summed E-state index contributed by atoms with van der Waals surface area (Å²) in [5.41, 5.74) is 1.38. The number of benzene rings is 2. The first kappa shape index (κ1) is 11.6. The fraction of sp³-hybridized carbons (Fsp3) is 0.133. The standard InChI is InChI=1S/C15H14O2/c1-15(17,11-16)14-9-7-13(8-10-14)12-5-3-2-4-6-12/h2-11,17H,1H3. The fourth-order valence-electron chi connectivity index (χ4n) is 1.70. The van der Waals surface area contributed by atoms with Crippen LogP contribution in [0.2, 0.25) is 0 Å². The second kappa shape index (κ2) is 4.52. The van der Waals surface area contributed by atoms with E-state index in [9.17, 15) is 9.90 Å². The molecule has 2 rings (SSSR count). The zero-order chi connectivity index (χ0) is 12.3. The van der Waals surface area contributed by atoms with Crippen molar-refractivity contribution in [1.82, 2.24) is 0 Å². The largest absolute Gasteiger partial charge is 0.378 e. The molecule has 0 radical (unpaired) electrons. The molecule has 2 nitrogen and oxygen atoms in total. The molecule has 1 N–H and O–H groups in total. The molecule has 2 heteroatoms. The molecule has 0 spiro atoms. The number of hydrogen-bond acceptors (Lipinski definition) is 2. The molecule has 0 saturated heterocycles. The van der Waals surface area contributed by atoms with Gasteiger partial charge in [0, 0.05) is 0 Å². The first-order chi connectivity index (χ1) is 8.13. The van der Waals surface area contributed by atoms with Crippen LogP contribution in [0.25, 0.3) is 11.1 Å². The van der Waals surface area contributed by atoms with Crippen molar-refractivity contribution >= 4 is 6.29 Å². The molecule has 0 heterocycles. The second-order valence-corrected chi connectivity index (χ2v) is 4.21. The molecule has 0 aliphatic rings. The first-order valence-corrected chi connectivity index (χ1v) is 5.48. The van der Waals surface area contributed by atoms with Crippen LogP contribution in [0.1, 0.15) is 12.5 Å². The van der Waals surface area contributed by atoms with Crippen molar-refractivity contribution in [3.8, 4) is 11.1 Å². The van der Waals surface area contributed by atoms with E-state index in [2.05, 4.69) is 0 Å². The summed E-state index contributed by atoms with van der Waals surface area (Å²) >= 11 is 0. The third kappa shape index (κ3) is 2.43. The number of hydrogen-bond donors (Lipinski definition) is 1. The van der Waals surface area contributed by atoms with E-state index in [0.29, 0.717) is 11.8 Å². The Morgan fingerprint density at radius 1 is 0.941 bits per heavy atom. The van der Waals surface area contributed by atoms with Gasteiger partial charge in [0.25, 0.3) is 0 Å². The lowest BCUT2D eigenvalue weighted by molar-refractivity contribution is -0.123. The molecule has 0 bridgehead atoms. The minimum absolute atomic E-state index is 0.546. The molecule has 0 fully saturated rings. The van der Waals surface area contributed by atoms with Gasteiger partial charge in [0.05, 0.1) is 0 Å². The summed E-state index contributed by atoms with van der Waals surface area (Å²) in [7, 11) is 0. The van der Waals surface area contributed by atoms with E-state index >= 15 is 0 Å². The maximum absolute atomic E-state index is 10.7. The van der Waals surface area contributed by atoms with Gasteiger partial charge < -0.3 is 5.11 Å². The molecular weight excluding hydrogens is 212 g/mol. The molecule has 1 atom stereocenters. The Morgan fingerprint density at radius 3 is 2.00 bits per heavy atom. The maximum atomic E-state index is 10.7. The molecule has 0 saturated carbocycles. The van der Waals surface area contributed by atoms with E-state index in [1.165, 1.54) is 6.92 Å². The topological polar surface area (TPSA) is 37.3 Å². The Morgan fingerprint density at radius 2 is 1.47 bits per heavy atom. The van der Waals surface area contributed by atoms with Gasteiger partial charge in [-0.05, 0) is 23.6 Å². The molecule has 0 aliphatic carbocycles. The smallest absolute Gasteiger partial charge is 0.155 e. The van der Waals surface area contributed by atoms with E-state index in [4.69, 9.17) is 0 Å². The number of carbonyl (C=O) groups excluding carboxylic acids is 1. The summed E-state index contributed by atoms with van der Waals surface area (Å²) in [4.78, 5) is 10.7. The molecule has 2 aromatic rings. The predicted octanol–water partition coefficient (Wildman–Crippen LogP) is 2.76. The Bertz CT molecular complexity index is 498. The van der Waals surface area contributed by atoms with Crippen LogP contribution in [0, 0.1) is 0 Å². The average Bonchev–Trinajstić information content (AvgIpc) is 2.40. The quantitative estimate of drug-likeness (QED) is 0.817. The average molecular weight is 226 g/mol. The number of aliphatic hydroxyl groups is 1. The number of aldehydes is 1. The van der Waals surface area contributed by atoms with Gasteiger partial charge >= 0.3 is 0 Å². The summed E-state index contributed by atoms with van der Waals surface area (Å²) in [6.45, 7) is 1.48. The molecule has 0 aliphatic heterocycles. The first-order valence-electron chi connectivity index (χ1n) is 5.48. The third-order valence-electron chi connectivity index (χ3n) is 2.81. The predicted molar refractivity (Wildman–Crippen MR) is 67.5 cm³/mol. The zero-order valence-corrected chi connectivity index (χ0v) is 9.63. The van der Waals surface area contributed by atoms with E-state index in [0.717, 1.165) is 11.1 Å². The fourth-order valence-corrected chi connectivity index (χ4v) is 1.70. The lowest BCUT2D eigenvalue weighted by atomic mass is 9.95. The summed E-state index contributed by atoms with van der Waals surface area (Å²) in [6.07, 6.45) is 0.546. The molecule has 0 aromatic heterocycles. The van der Waals surface area contributed by atoms with Gasteiger partial charge in [-0.1, -0.05) is 54.6 Å². The van der Waals surface area contributed by atoms with E-state index in [-0.39, 0.29) is 0 Å². The van der Waals surface area contributed by atoms with Gasteiger partial charge in [0.15, 0.2) is 6.29 Å². The number of carbonyl (C=O) groups is 1. The van der Waals surface area contributed by atoms with Gasteiger partial charge in [-0.3, -0.25) is 4.79 Å². The Labute approximate surface area is 101 Å². The van der Waals surface area contributed by atoms with Gasteiger partial charge in [-0.15, -0.1) is 0 Å². The molecule has 17 heavy (non-hydrogen) atoms. The van der Waals surface area contributed by atoms with Crippen LogP contribution in [0.15, 0.2) is 54.6 Å². The van der Waals surface area contributed by atoms with E-state index in [1.54, 1.807) is 12.1 Å². The maximum Gasteiger partial charge on any atom is 0.155 e. The monoisotopic (exact) mass is 226 g/mol. The van der Waals surface area contributed by atoms with Crippen molar-refractivity contribution < 1.29 is 9.90 Å². The van der Waals surface area contributed by atoms with Gasteiger partial charge in [-0.25, -0.2) is 0 Å². The van der Waals surface area contributed by atoms with Crippen molar-refractivity contribution in [2.75, 3.05) is 0 Å². The van der Waals surface area contributed by atoms with E-state index < -0.39 is 5.60 Å². The Hall–Kier alpha value is -1.93. The lowest BCUT2D eigenvalue weighted by Gasteiger charge is -2.16. The highest BCUT2D eigenvalue weighted by molar-refractivity contribution is 5.68. The van der Waals surface area contributed by atoms with Crippen molar-refractivity contribution in [3.05, 3.63) is 60.2 Å². The van der Waals surface area contributed by atoms with Crippen molar-refractivity contribution in [3.63, 3.8) is 0 Å². The second-order valence-electron chi connectivity index (χ2n) is 4.21. The van der Waals surface area contributed by atoms with Crippen molar-refractivity contribution in [2.24, 2.45) is 0 Å². The molecule has 0 amide bonds. The van der Waals surface area contributed by atoms with Crippen LogP contribution in [-0.4, -0.2) is 11.4 Å². The highest BCUT2D eigenvalue weighted by Gasteiger charge is 2.21. The van der Waals surface area contributed by atoms with Crippen LogP contribution < -0.4 is 0 Å². The molecular formula is C15H14O2. The SMILES string of the molecule is CC(O)(C=O)c1ccc(-c2ccccc2)cc1. The number of rotatable bonds is 3. The normalized spacial score (nSPS) is 14.0. The summed E-state index contributed by atoms with van der Waals surface area (Å²) in [5.74, 6) is 0. The summed E-state index contributed by atoms with van der Waals surface area (Å²) < 4.78 is 0. The van der Waals surface area contributed by atoms with Crippen LogP contribution in [0.3, 0.4) is 0 Å². The highest BCUT2D eigenvalue weighted by atomic mass is 16.3. The third-order valence-corrected chi connectivity index (χ3v) is 2.81. The van der Waals surface area contributed by atoms with Crippen LogP contribution in [0.4, 0.5) is 0 Å². The van der Waals surface area contributed by atoms with Crippen molar-refractivity contribution in [1.29, 1.82) is 0 Å². The Kier molecular flexibility index (Phi) is 3.07. The molecule has 1 unspecified atom stereocenters. The van der Waals surface area contributed by atoms with Gasteiger partial charge in [0.2, 0.25) is 0 Å². The van der Waals surface area contributed by atoms with E-state index in [1.807, 2.05) is 42.5 Å². The minimum Gasteiger partial charge on any atom is -0.378 e. The zero-order valence-electron chi connectivity index (χ0n) is 9.63. The molecule has 86 valence electrons. The molecule has 2 aromatic carbocycles. The van der Waals surface area contributed by atoms with Crippen molar-refractivity contribution in [2.45, 2.75) is 12.5 Å². The van der Waals surface area contributed by atoms with Crippen LogP contribution in [-0.2, 0) is 10.4 Å². The summed E-state index contributed by atoms with van der Waals surface area (Å²) in [6, 6.07) is 17.3. The van der Waals surface area contributed by atoms with Crippen LogP contribution in [0.5, 0.6) is 0 Å². The minimum atomic E-state index is -1.41. The van der Waals surface area contributed by atoms with Crippen LogP contribution >= 0.6 is 0 Å². The lowest BCUT2D eigenvalue weighted by Crippen LogP contribution is -2.22. The highest BCUT2D eigenvalue weighted by Crippen LogP contribution is 2.23. The Balaban J connectivity index is 2.34.